The molecule has 2 aromatic heterocycles. The molecular weight excluding hydrogens is 867 g/mol. The van der Waals surface area contributed by atoms with E-state index in [0.29, 0.717) is 0 Å². The number of rotatable bonds is 8. The van der Waals surface area contributed by atoms with Crippen LogP contribution in [0.2, 0.25) is 0 Å². The minimum absolute atomic E-state index is 0.519. The third kappa shape index (κ3) is 6.32. The molecule has 1 aliphatic rings. The van der Waals surface area contributed by atoms with Gasteiger partial charge >= 0.3 is 0 Å². The molecule has 0 atom stereocenters. The van der Waals surface area contributed by atoms with Crippen molar-refractivity contribution < 1.29 is 4.42 Å². The maximum absolute atomic E-state index is 6.20. The Kier molecular flexibility index (Phi) is 9.33. The number of thiophene rings is 1. The molecule has 1 aliphatic carbocycles. The van der Waals surface area contributed by atoms with E-state index in [0.717, 1.165) is 50.1 Å². The molecular formula is C67H43NOS. The van der Waals surface area contributed by atoms with E-state index >= 15 is 0 Å². The minimum Gasteiger partial charge on any atom is -0.456 e. The number of nitrogens with zero attached hydrogens (tertiary/aromatic N) is 1. The van der Waals surface area contributed by atoms with Crippen molar-refractivity contribution in [3.63, 3.8) is 0 Å². The number of benzene rings is 11. The average molecular weight is 910 g/mol. The summed E-state index contributed by atoms with van der Waals surface area (Å²) in [7, 11) is 0. The highest BCUT2D eigenvalue weighted by Gasteiger charge is 2.47. The Bertz CT molecular complexity index is 4050. The number of hydrogen-bond donors (Lipinski definition) is 0. The summed E-state index contributed by atoms with van der Waals surface area (Å²) >= 11 is 1.86. The summed E-state index contributed by atoms with van der Waals surface area (Å²) in [6.45, 7) is 0. The van der Waals surface area contributed by atoms with Gasteiger partial charge in [-0.3, -0.25) is 0 Å². The van der Waals surface area contributed by atoms with Crippen LogP contribution in [0.4, 0.5) is 17.1 Å². The lowest BCUT2D eigenvalue weighted by Crippen LogP contribution is -2.28. The summed E-state index contributed by atoms with van der Waals surface area (Å²) in [6.07, 6.45) is 0. The molecule has 0 radical (unpaired) electrons. The minimum atomic E-state index is -0.519. The van der Waals surface area contributed by atoms with Crippen molar-refractivity contribution in [1.29, 1.82) is 0 Å². The molecule has 13 aromatic rings. The molecule has 14 rings (SSSR count). The van der Waals surface area contributed by atoms with Gasteiger partial charge in [-0.25, -0.2) is 0 Å². The maximum Gasteiger partial charge on any atom is 0.135 e. The summed E-state index contributed by atoms with van der Waals surface area (Å²) < 4.78 is 8.85. The van der Waals surface area contributed by atoms with E-state index in [2.05, 4.69) is 254 Å². The first-order chi connectivity index (χ1) is 34.7. The number of fused-ring (bicyclic) bond motifs is 9. The normalized spacial score (nSPS) is 12.7. The van der Waals surface area contributed by atoms with Crippen LogP contribution in [0.1, 0.15) is 22.3 Å². The third-order valence-electron chi connectivity index (χ3n) is 14.6. The van der Waals surface area contributed by atoms with Gasteiger partial charge in [0.15, 0.2) is 0 Å². The van der Waals surface area contributed by atoms with Crippen LogP contribution in [-0.2, 0) is 5.41 Å². The Morgan fingerprint density at radius 3 is 1.50 bits per heavy atom. The Labute approximate surface area is 410 Å². The zero-order valence-electron chi connectivity index (χ0n) is 38.1. The van der Waals surface area contributed by atoms with Gasteiger partial charge in [0.2, 0.25) is 0 Å². The van der Waals surface area contributed by atoms with Gasteiger partial charge in [-0.15, -0.1) is 11.3 Å². The van der Waals surface area contributed by atoms with Crippen molar-refractivity contribution in [3.8, 4) is 44.5 Å². The Morgan fingerprint density at radius 1 is 0.329 bits per heavy atom. The van der Waals surface area contributed by atoms with Gasteiger partial charge in [0, 0.05) is 47.9 Å². The van der Waals surface area contributed by atoms with E-state index in [-0.39, 0.29) is 0 Å². The molecule has 0 aliphatic heterocycles. The van der Waals surface area contributed by atoms with Gasteiger partial charge in [0.1, 0.15) is 11.2 Å². The van der Waals surface area contributed by atoms with Crippen molar-refractivity contribution in [2.75, 3.05) is 4.90 Å². The summed E-state index contributed by atoms with van der Waals surface area (Å²) in [6, 6.07) is 95.6. The van der Waals surface area contributed by atoms with Gasteiger partial charge < -0.3 is 9.32 Å². The summed E-state index contributed by atoms with van der Waals surface area (Å²) in [5.41, 5.74) is 19.2. The first kappa shape index (κ1) is 40.3. The maximum atomic E-state index is 6.20. The van der Waals surface area contributed by atoms with E-state index in [9.17, 15) is 0 Å². The second-order valence-electron chi connectivity index (χ2n) is 18.4. The van der Waals surface area contributed by atoms with Crippen LogP contribution < -0.4 is 4.90 Å². The van der Waals surface area contributed by atoms with E-state index in [4.69, 9.17) is 4.42 Å². The highest BCUT2D eigenvalue weighted by Crippen LogP contribution is 2.59. The van der Waals surface area contributed by atoms with Crippen molar-refractivity contribution in [3.05, 3.63) is 283 Å². The smallest absolute Gasteiger partial charge is 0.135 e. The number of para-hydroxylation sites is 1. The van der Waals surface area contributed by atoms with E-state index in [1.807, 2.05) is 23.5 Å². The highest BCUT2D eigenvalue weighted by atomic mass is 32.1. The molecule has 0 spiro atoms. The van der Waals surface area contributed by atoms with Gasteiger partial charge in [-0.1, -0.05) is 194 Å². The largest absolute Gasteiger partial charge is 0.456 e. The topological polar surface area (TPSA) is 16.4 Å². The Hall–Kier alpha value is -8.76. The first-order valence-corrected chi connectivity index (χ1v) is 24.8. The van der Waals surface area contributed by atoms with Crippen molar-refractivity contribution in [2.45, 2.75) is 5.41 Å². The zero-order valence-corrected chi connectivity index (χ0v) is 38.9. The van der Waals surface area contributed by atoms with Gasteiger partial charge in [0.05, 0.1) is 11.1 Å². The molecule has 2 heterocycles. The molecule has 0 amide bonds. The predicted octanol–water partition coefficient (Wildman–Crippen LogP) is 18.8. The van der Waals surface area contributed by atoms with Crippen LogP contribution in [0.3, 0.4) is 0 Å². The third-order valence-corrected chi connectivity index (χ3v) is 15.7. The van der Waals surface area contributed by atoms with Gasteiger partial charge in [0.25, 0.3) is 0 Å². The number of hydrogen-bond acceptors (Lipinski definition) is 3. The molecule has 0 fully saturated rings. The van der Waals surface area contributed by atoms with Crippen molar-refractivity contribution in [2.24, 2.45) is 0 Å². The van der Waals surface area contributed by atoms with Gasteiger partial charge in [-0.05, 0) is 128 Å². The monoisotopic (exact) mass is 909 g/mol. The SMILES string of the molecule is c1ccc(C2(c3ccccc3)c3ccccc3-c3c(N(c4ccc(-c5ccc(-c6ccc7sc8ccccc8c7c6)cc5)cc4)c4ccc(-c5ccc6oc7ccccc7c6c5)cc4)cccc32)cc1. The van der Waals surface area contributed by atoms with Crippen LogP contribution >= 0.6 is 11.3 Å². The second-order valence-corrected chi connectivity index (χ2v) is 19.4. The summed E-state index contributed by atoms with van der Waals surface area (Å²) in [5, 5.41) is 4.90. The fourth-order valence-corrected chi connectivity index (χ4v) is 12.4. The Morgan fingerprint density at radius 2 is 0.814 bits per heavy atom. The molecule has 0 saturated heterocycles. The lowest BCUT2D eigenvalue weighted by Gasteiger charge is -2.34. The first-order valence-electron chi connectivity index (χ1n) is 24.0. The molecule has 0 bridgehead atoms. The highest BCUT2D eigenvalue weighted by molar-refractivity contribution is 7.25. The Balaban J connectivity index is 0.895. The molecule has 328 valence electrons. The second kappa shape index (κ2) is 16.2. The van der Waals surface area contributed by atoms with E-state index < -0.39 is 5.41 Å². The van der Waals surface area contributed by atoms with Crippen LogP contribution in [0.25, 0.3) is 86.6 Å². The van der Waals surface area contributed by atoms with Crippen molar-refractivity contribution >= 4 is 70.5 Å². The van der Waals surface area contributed by atoms with Crippen LogP contribution in [0.5, 0.6) is 0 Å². The van der Waals surface area contributed by atoms with E-state index in [1.165, 1.54) is 75.8 Å². The lowest BCUT2D eigenvalue weighted by molar-refractivity contribution is 0.669. The molecule has 70 heavy (non-hydrogen) atoms. The molecule has 0 saturated carbocycles. The van der Waals surface area contributed by atoms with Crippen LogP contribution in [0, 0.1) is 0 Å². The van der Waals surface area contributed by atoms with Gasteiger partial charge in [-0.2, -0.15) is 0 Å². The molecule has 0 N–H and O–H groups in total. The fourth-order valence-electron chi connectivity index (χ4n) is 11.4. The predicted molar refractivity (Wildman–Crippen MR) is 295 cm³/mol. The molecule has 3 heteroatoms. The number of furan rings is 1. The van der Waals surface area contributed by atoms with Crippen LogP contribution in [0.15, 0.2) is 265 Å². The molecule has 11 aromatic carbocycles. The molecule has 0 unspecified atom stereocenters. The average Bonchev–Trinajstić information content (AvgIpc) is 4.10. The standard InChI is InChI=1S/C67H43NOS/c1-3-14-50(15-4-1)67(51-16-5-2-6-17-51)59-21-10-7-20-56(59)66-60(67)22-13-23-61(66)68(53-38-32-47(33-39-53)48-34-40-63-57(42-48)54-18-8-11-24-62(54)69-63)52-36-30-45(31-37-52)44-26-28-46(29-27-44)49-35-41-65-58(43-49)55-19-9-12-25-64(55)70-65/h1-43H. The molecule has 2 nitrogen and oxygen atoms in total. The summed E-state index contributed by atoms with van der Waals surface area (Å²) in [4.78, 5) is 2.45. The van der Waals surface area contributed by atoms with E-state index in [1.54, 1.807) is 0 Å². The van der Waals surface area contributed by atoms with Crippen molar-refractivity contribution in [1.82, 2.24) is 0 Å². The number of anilines is 3. The quantitative estimate of drug-likeness (QED) is 0.151. The fraction of sp³-hybridized carbons (Fsp3) is 0.0149. The zero-order chi connectivity index (χ0) is 46.2. The summed E-state index contributed by atoms with van der Waals surface area (Å²) in [5.74, 6) is 0. The van der Waals surface area contributed by atoms with Crippen LogP contribution in [-0.4, -0.2) is 0 Å². The lowest BCUT2D eigenvalue weighted by atomic mass is 9.68.